The van der Waals surface area contributed by atoms with Crippen molar-refractivity contribution in [3.63, 3.8) is 0 Å². The van der Waals surface area contributed by atoms with E-state index < -0.39 is 12.7 Å². The van der Waals surface area contributed by atoms with Crippen molar-refractivity contribution < 1.29 is 18.0 Å². The number of carbonyl (C=O) groups excluding carboxylic acids is 1. The van der Waals surface area contributed by atoms with Crippen LogP contribution in [0.3, 0.4) is 0 Å². The Balaban J connectivity index is 1.46. The number of carbonyl (C=O) groups is 1. The maximum Gasteiger partial charge on any atom is 0.406 e. The first-order chi connectivity index (χ1) is 15.9. The topological polar surface area (TPSA) is 63.9 Å². The summed E-state index contributed by atoms with van der Waals surface area (Å²) in [5, 5.41) is 0. The molecule has 1 fully saturated rings. The summed E-state index contributed by atoms with van der Waals surface area (Å²) in [5.41, 5.74) is 2.70. The van der Waals surface area contributed by atoms with Crippen LogP contribution in [0.25, 0.3) is 22.4 Å². The van der Waals surface area contributed by atoms with E-state index in [0.717, 1.165) is 16.6 Å². The van der Waals surface area contributed by atoms with Gasteiger partial charge in [-0.3, -0.25) is 14.8 Å². The fourth-order valence-electron chi connectivity index (χ4n) is 4.34. The number of hydrogen-bond donors (Lipinski definition) is 0. The zero-order valence-electron chi connectivity index (χ0n) is 17.5. The third kappa shape index (κ3) is 4.30. The number of benzene rings is 1. The van der Waals surface area contributed by atoms with Crippen LogP contribution < -0.4 is 0 Å². The molecule has 1 amide bonds. The number of nitrogens with zero attached hydrogens (tertiary/aromatic N) is 5. The predicted octanol–water partition coefficient (Wildman–Crippen LogP) is 4.69. The van der Waals surface area contributed by atoms with Crippen LogP contribution in [0.5, 0.6) is 0 Å². The Morgan fingerprint density at radius 2 is 1.88 bits per heavy atom. The number of hydrogen-bond acceptors (Lipinski definition) is 4. The average molecular weight is 451 g/mol. The van der Waals surface area contributed by atoms with Gasteiger partial charge >= 0.3 is 6.18 Å². The molecule has 0 aliphatic carbocycles. The SMILES string of the molecule is O=C(c1ccc2c(c1)nc(-c1ccncc1)n2CC(F)(F)F)N1CCC(c2cccnc2)C1. The lowest BCUT2D eigenvalue weighted by molar-refractivity contribution is -0.139. The molecule has 5 rings (SSSR count). The summed E-state index contributed by atoms with van der Waals surface area (Å²) in [6.07, 6.45) is 2.97. The minimum absolute atomic E-state index is 0.154. The molecule has 1 aliphatic heterocycles. The Labute approximate surface area is 187 Å². The maximum absolute atomic E-state index is 13.3. The van der Waals surface area contributed by atoms with Crippen LogP contribution in [-0.4, -0.2) is 49.6 Å². The van der Waals surface area contributed by atoms with Gasteiger partial charge < -0.3 is 9.47 Å². The first-order valence-corrected chi connectivity index (χ1v) is 10.6. The zero-order chi connectivity index (χ0) is 23.0. The van der Waals surface area contributed by atoms with Gasteiger partial charge in [-0.05, 0) is 48.4 Å². The molecule has 1 unspecified atom stereocenters. The summed E-state index contributed by atoms with van der Waals surface area (Å²) >= 11 is 0. The van der Waals surface area contributed by atoms with E-state index in [1.54, 1.807) is 41.4 Å². The number of amides is 1. The fourth-order valence-corrected chi connectivity index (χ4v) is 4.34. The van der Waals surface area contributed by atoms with E-state index in [4.69, 9.17) is 0 Å². The minimum atomic E-state index is -4.42. The van der Waals surface area contributed by atoms with Crippen LogP contribution in [0.2, 0.25) is 0 Å². The summed E-state index contributed by atoms with van der Waals surface area (Å²) in [5.74, 6) is 0.252. The van der Waals surface area contributed by atoms with Gasteiger partial charge in [-0.15, -0.1) is 0 Å². The highest BCUT2D eigenvalue weighted by Crippen LogP contribution is 2.31. The zero-order valence-corrected chi connectivity index (χ0v) is 17.5. The lowest BCUT2D eigenvalue weighted by Gasteiger charge is -2.17. The van der Waals surface area contributed by atoms with Gasteiger partial charge in [-0.2, -0.15) is 13.2 Å². The molecule has 1 saturated heterocycles. The molecule has 1 aromatic carbocycles. The van der Waals surface area contributed by atoms with E-state index in [1.807, 2.05) is 18.3 Å². The van der Waals surface area contributed by atoms with Crippen LogP contribution in [0, 0.1) is 0 Å². The van der Waals surface area contributed by atoms with Gasteiger partial charge in [0.05, 0.1) is 11.0 Å². The second kappa shape index (κ2) is 8.31. The van der Waals surface area contributed by atoms with Crippen LogP contribution in [0.15, 0.2) is 67.3 Å². The highest BCUT2D eigenvalue weighted by atomic mass is 19.4. The number of aromatic nitrogens is 4. The van der Waals surface area contributed by atoms with Crippen molar-refractivity contribution in [3.8, 4) is 11.4 Å². The third-order valence-corrected chi connectivity index (χ3v) is 5.90. The number of rotatable bonds is 4. The average Bonchev–Trinajstić information content (AvgIpc) is 3.44. The second-order valence-corrected chi connectivity index (χ2v) is 8.10. The number of halogens is 3. The maximum atomic E-state index is 13.3. The van der Waals surface area contributed by atoms with Gasteiger partial charge in [0.2, 0.25) is 0 Å². The Kier molecular flexibility index (Phi) is 5.32. The van der Waals surface area contributed by atoms with E-state index in [0.29, 0.717) is 35.2 Å². The third-order valence-electron chi connectivity index (χ3n) is 5.90. The van der Waals surface area contributed by atoms with Crippen molar-refractivity contribution in [1.82, 2.24) is 24.4 Å². The molecule has 4 aromatic rings. The highest BCUT2D eigenvalue weighted by Gasteiger charge is 2.32. The van der Waals surface area contributed by atoms with Gasteiger partial charge in [0, 0.05) is 54.9 Å². The molecule has 1 aliphatic rings. The van der Waals surface area contributed by atoms with Gasteiger partial charge in [-0.25, -0.2) is 4.98 Å². The van der Waals surface area contributed by atoms with E-state index in [2.05, 4.69) is 15.0 Å². The quantitative estimate of drug-likeness (QED) is 0.452. The van der Waals surface area contributed by atoms with E-state index in [1.165, 1.54) is 12.4 Å². The van der Waals surface area contributed by atoms with Crippen molar-refractivity contribution in [2.45, 2.75) is 25.1 Å². The molecule has 6 nitrogen and oxygen atoms in total. The molecule has 0 bridgehead atoms. The monoisotopic (exact) mass is 451 g/mol. The Morgan fingerprint density at radius 3 is 2.61 bits per heavy atom. The number of likely N-dealkylation sites (tertiary alicyclic amines) is 1. The van der Waals surface area contributed by atoms with E-state index >= 15 is 0 Å². The van der Waals surface area contributed by atoms with Gasteiger partial charge in [0.25, 0.3) is 5.91 Å². The summed E-state index contributed by atoms with van der Waals surface area (Å²) < 4.78 is 41.0. The number of pyridine rings is 2. The summed E-state index contributed by atoms with van der Waals surface area (Å²) in [7, 11) is 0. The molecular weight excluding hydrogens is 431 g/mol. The minimum Gasteiger partial charge on any atom is -0.338 e. The van der Waals surface area contributed by atoms with Crippen molar-refractivity contribution in [2.75, 3.05) is 13.1 Å². The second-order valence-electron chi connectivity index (χ2n) is 8.10. The molecule has 0 spiro atoms. The highest BCUT2D eigenvalue weighted by molar-refractivity contribution is 5.98. The van der Waals surface area contributed by atoms with Gasteiger partial charge in [0.15, 0.2) is 0 Å². The molecule has 0 saturated carbocycles. The Hall–Kier alpha value is -3.75. The number of imidazole rings is 1. The molecule has 168 valence electrons. The van der Waals surface area contributed by atoms with Crippen molar-refractivity contribution in [2.24, 2.45) is 0 Å². The smallest absolute Gasteiger partial charge is 0.338 e. The molecule has 9 heteroatoms. The van der Waals surface area contributed by atoms with Crippen LogP contribution in [0.1, 0.15) is 28.3 Å². The first kappa shape index (κ1) is 21.1. The molecule has 1 atom stereocenters. The summed E-state index contributed by atoms with van der Waals surface area (Å²) in [6.45, 7) is 0.0158. The van der Waals surface area contributed by atoms with Crippen molar-refractivity contribution in [1.29, 1.82) is 0 Å². The Morgan fingerprint density at radius 1 is 1.06 bits per heavy atom. The van der Waals surface area contributed by atoms with Gasteiger partial charge in [0.1, 0.15) is 12.4 Å². The van der Waals surface area contributed by atoms with E-state index in [-0.39, 0.29) is 17.6 Å². The lowest BCUT2D eigenvalue weighted by atomic mass is 10.0. The summed E-state index contributed by atoms with van der Waals surface area (Å²) in [6, 6.07) is 11.8. The number of alkyl halides is 3. The van der Waals surface area contributed by atoms with Crippen molar-refractivity contribution >= 4 is 16.9 Å². The molecular formula is C24H20F3N5O. The molecule has 3 aromatic heterocycles. The Bertz CT molecular complexity index is 1290. The van der Waals surface area contributed by atoms with Crippen LogP contribution in [-0.2, 0) is 6.54 Å². The van der Waals surface area contributed by atoms with E-state index in [9.17, 15) is 18.0 Å². The number of fused-ring (bicyclic) bond motifs is 1. The standard InChI is InChI=1S/C24H20F3N5O/c25-24(26,27)15-32-21-4-3-17(12-20(21)30-22(32)16-5-9-28-10-6-16)23(33)31-11-7-19(14-31)18-2-1-8-29-13-18/h1-6,8-10,12-13,19H,7,11,14-15H2. The predicted molar refractivity (Wildman–Crippen MR) is 117 cm³/mol. The van der Waals surface area contributed by atoms with Crippen LogP contribution >= 0.6 is 0 Å². The lowest BCUT2D eigenvalue weighted by Crippen LogP contribution is -2.28. The first-order valence-electron chi connectivity index (χ1n) is 10.6. The van der Waals surface area contributed by atoms with Gasteiger partial charge in [-0.1, -0.05) is 6.07 Å². The molecule has 0 radical (unpaired) electrons. The summed E-state index contributed by atoms with van der Waals surface area (Å²) in [4.78, 5) is 27.5. The largest absolute Gasteiger partial charge is 0.406 e. The van der Waals surface area contributed by atoms with Crippen LogP contribution in [0.4, 0.5) is 13.2 Å². The molecule has 0 N–H and O–H groups in total. The van der Waals surface area contributed by atoms with Crippen molar-refractivity contribution in [3.05, 3.63) is 78.4 Å². The molecule has 4 heterocycles. The fraction of sp³-hybridized carbons (Fsp3) is 0.250. The molecule has 33 heavy (non-hydrogen) atoms. The normalized spacial score (nSPS) is 16.5.